The van der Waals surface area contributed by atoms with Crippen molar-refractivity contribution in [1.82, 2.24) is 0 Å². The van der Waals surface area contributed by atoms with Crippen molar-refractivity contribution in [3.05, 3.63) is 57.5 Å². The van der Waals surface area contributed by atoms with Gasteiger partial charge < -0.3 is 9.47 Å². The summed E-state index contributed by atoms with van der Waals surface area (Å²) in [7, 11) is 1.65. The van der Waals surface area contributed by atoms with Gasteiger partial charge in [0, 0.05) is 0 Å². The number of benzene rings is 2. The minimum Gasteiger partial charge on any atom is -0.497 e. The lowest BCUT2D eigenvalue weighted by molar-refractivity contribution is 0.304. The molecule has 2 rings (SSSR count). The van der Waals surface area contributed by atoms with Gasteiger partial charge in [0.1, 0.15) is 12.4 Å². The Morgan fingerprint density at radius 2 is 1.83 bits per heavy atom. The van der Waals surface area contributed by atoms with Crippen molar-refractivity contribution >= 4 is 27.5 Å². The van der Waals surface area contributed by atoms with E-state index in [1.165, 1.54) is 0 Å². The Morgan fingerprint density at radius 1 is 1.11 bits per heavy atom. The van der Waals surface area contributed by atoms with Crippen LogP contribution in [0.25, 0.3) is 0 Å². The van der Waals surface area contributed by atoms with Crippen LogP contribution in [0.15, 0.2) is 46.9 Å². The molecule has 0 aliphatic rings. The smallest absolute Gasteiger partial charge is 0.152 e. The summed E-state index contributed by atoms with van der Waals surface area (Å²) in [6.45, 7) is 0.465. The van der Waals surface area contributed by atoms with Gasteiger partial charge in [-0.05, 0) is 45.8 Å². The fourth-order valence-electron chi connectivity index (χ4n) is 1.50. The second kappa shape index (κ2) is 6.12. The van der Waals surface area contributed by atoms with Crippen LogP contribution in [0.4, 0.5) is 0 Å². The molecular formula is C14H12BrClO2. The summed E-state index contributed by atoms with van der Waals surface area (Å²) in [6, 6.07) is 13.3. The number of para-hydroxylation sites is 1. The maximum absolute atomic E-state index is 6.07. The zero-order valence-corrected chi connectivity index (χ0v) is 12.2. The summed E-state index contributed by atoms with van der Waals surface area (Å²) in [5.74, 6) is 1.49. The van der Waals surface area contributed by atoms with E-state index in [1.807, 2.05) is 36.4 Å². The van der Waals surface area contributed by atoms with Crippen LogP contribution in [-0.2, 0) is 6.61 Å². The van der Waals surface area contributed by atoms with Gasteiger partial charge in [0.2, 0.25) is 0 Å². The summed E-state index contributed by atoms with van der Waals surface area (Å²) in [6.07, 6.45) is 0. The molecule has 0 spiro atoms. The molecule has 0 saturated carbocycles. The Balaban J connectivity index is 2.06. The Bertz CT molecular complexity index is 506. The van der Waals surface area contributed by atoms with Gasteiger partial charge in [-0.1, -0.05) is 29.8 Å². The highest BCUT2D eigenvalue weighted by atomic mass is 79.9. The average Bonchev–Trinajstić information content (AvgIpc) is 2.39. The molecule has 0 unspecified atom stereocenters. The van der Waals surface area contributed by atoms with Crippen LogP contribution >= 0.6 is 27.5 Å². The van der Waals surface area contributed by atoms with Crippen molar-refractivity contribution in [2.75, 3.05) is 7.11 Å². The van der Waals surface area contributed by atoms with Crippen molar-refractivity contribution < 1.29 is 9.47 Å². The molecule has 0 amide bonds. The van der Waals surface area contributed by atoms with Crippen LogP contribution in [-0.4, -0.2) is 7.11 Å². The lowest BCUT2D eigenvalue weighted by Crippen LogP contribution is -1.96. The van der Waals surface area contributed by atoms with E-state index >= 15 is 0 Å². The van der Waals surface area contributed by atoms with Gasteiger partial charge in [0.05, 0.1) is 16.6 Å². The van der Waals surface area contributed by atoms with Crippen LogP contribution in [0.5, 0.6) is 11.5 Å². The third-order valence-corrected chi connectivity index (χ3v) is 3.38. The highest BCUT2D eigenvalue weighted by Gasteiger charge is 2.06. The molecular weight excluding hydrogens is 316 g/mol. The molecule has 0 radical (unpaired) electrons. The highest BCUT2D eigenvalue weighted by molar-refractivity contribution is 9.10. The summed E-state index contributed by atoms with van der Waals surface area (Å²) >= 11 is 9.48. The normalized spacial score (nSPS) is 10.2. The molecule has 2 nitrogen and oxygen atoms in total. The summed E-state index contributed by atoms with van der Waals surface area (Å²) in [4.78, 5) is 0. The Hall–Kier alpha value is -1.19. The first kappa shape index (κ1) is 13.2. The van der Waals surface area contributed by atoms with Crippen molar-refractivity contribution in [3.63, 3.8) is 0 Å². The van der Waals surface area contributed by atoms with Gasteiger partial charge in [0.25, 0.3) is 0 Å². The van der Waals surface area contributed by atoms with Gasteiger partial charge in [-0.15, -0.1) is 0 Å². The maximum Gasteiger partial charge on any atom is 0.152 e. The lowest BCUT2D eigenvalue weighted by Gasteiger charge is -2.10. The fraction of sp³-hybridized carbons (Fsp3) is 0.143. The average molecular weight is 328 g/mol. The number of ether oxygens (including phenoxy) is 2. The number of hydrogen-bond acceptors (Lipinski definition) is 2. The number of rotatable bonds is 4. The molecule has 0 aliphatic carbocycles. The van der Waals surface area contributed by atoms with E-state index in [2.05, 4.69) is 15.9 Å². The molecule has 0 aliphatic heterocycles. The SMILES string of the molecule is COc1ccc(COc2c(Cl)cccc2Br)cc1. The van der Waals surface area contributed by atoms with Crippen molar-refractivity contribution in [2.45, 2.75) is 6.61 Å². The molecule has 0 fully saturated rings. The van der Waals surface area contributed by atoms with Crippen LogP contribution in [0, 0.1) is 0 Å². The Kier molecular flexibility index (Phi) is 4.50. The molecule has 94 valence electrons. The van der Waals surface area contributed by atoms with Gasteiger partial charge in [-0.2, -0.15) is 0 Å². The first-order chi connectivity index (χ1) is 8.70. The van der Waals surface area contributed by atoms with Gasteiger partial charge in [0.15, 0.2) is 5.75 Å². The minimum absolute atomic E-state index is 0.465. The minimum atomic E-state index is 0.465. The molecule has 2 aromatic carbocycles. The number of methoxy groups -OCH3 is 1. The molecule has 18 heavy (non-hydrogen) atoms. The van der Waals surface area contributed by atoms with Gasteiger partial charge in [-0.25, -0.2) is 0 Å². The molecule has 0 saturated heterocycles. The number of hydrogen-bond donors (Lipinski definition) is 0. The van der Waals surface area contributed by atoms with E-state index in [-0.39, 0.29) is 0 Å². The second-order valence-corrected chi connectivity index (χ2v) is 4.95. The van der Waals surface area contributed by atoms with E-state index in [4.69, 9.17) is 21.1 Å². The summed E-state index contributed by atoms with van der Waals surface area (Å²) in [5, 5.41) is 0.595. The fourth-order valence-corrected chi connectivity index (χ4v) is 2.32. The van der Waals surface area contributed by atoms with Crippen molar-refractivity contribution in [3.8, 4) is 11.5 Å². The molecule has 2 aromatic rings. The zero-order valence-electron chi connectivity index (χ0n) is 9.82. The zero-order chi connectivity index (χ0) is 13.0. The summed E-state index contributed by atoms with van der Waals surface area (Å²) in [5.41, 5.74) is 1.06. The van der Waals surface area contributed by atoms with Crippen LogP contribution in [0.3, 0.4) is 0 Å². The summed E-state index contributed by atoms with van der Waals surface area (Å²) < 4.78 is 11.7. The third kappa shape index (κ3) is 3.18. The molecule has 0 N–H and O–H groups in total. The van der Waals surface area contributed by atoms with E-state index < -0.39 is 0 Å². The van der Waals surface area contributed by atoms with E-state index in [0.717, 1.165) is 15.8 Å². The second-order valence-electron chi connectivity index (χ2n) is 3.69. The topological polar surface area (TPSA) is 18.5 Å². The third-order valence-electron chi connectivity index (χ3n) is 2.46. The quantitative estimate of drug-likeness (QED) is 0.811. The van der Waals surface area contributed by atoms with E-state index in [9.17, 15) is 0 Å². The van der Waals surface area contributed by atoms with E-state index in [0.29, 0.717) is 17.4 Å². The van der Waals surface area contributed by atoms with Crippen LogP contribution in [0.1, 0.15) is 5.56 Å². The molecule has 4 heteroatoms. The number of halogens is 2. The predicted molar refractivity (Wildman–Crippen MR) is 76.5 cm³/mol. The van der Waals surface area contributed by atoms with Gasteiger partial charge >= 0.3 is 0 Å². The van der Waals surface area contributed by atoms with Crippen LogP contribution in [0.2, 0.25) is 5.02 Å². The standard InChI is InChI=1S/C14H12BrClO2/c1-17-11-7-5-10(6-8-11)9-18-14-12(15)3-2-4-13(14)16/h2-8H,9H2,1H3. The highest BCUT2D eigenvalue weighted by Crippen LogP contribution is 2.33. The first-order valence-corrected chi connectivity index (χ1v) is 6.57. The molecule has 0 atom stereocenters. The Labute approximate surface area is 120 Å². The molecule has 0 heterocycles. The largest absolute Gasteiger partial charge is 0.497 e. The Morgan fingerprint density at radius 3 is 2.44 bits per heavy atom. The molecule has 0 bridgehead atoms. The first-order valence-electron chi connectivity index (χ1n) is 5.40. The van der Waals surface area contributed by atoms with Crippen LogP contribution < -0.4 is 9.47 Å². The van der Waals surface area contributed by atoms with Gasteiger partial charge in [-0.3, -0.25) is 0 Å². The van der Waals surface area contributed by atoms with Crippen molar-refractivity contribution in [1.29, 1.82) is 0 Å². The predicted octanol–water partition coefficient (Wildman–Crippen LogP) is 4.69. The monoisotopic (exact) mass is 326 g/mol. The molecule has 0 aromatic heterocycles. The van der Waals surface area contributed by atoms with E-state index in [1.54, 1.807) is 13.2 Å². The maximum atomic E-state index is 6.07. The van der Waals surface area contributed by atoms with Crippen molar-refractivity contribution in [2.24, 2.45) is 0 Å². The lowest BCUT2D eigenvalue weighted by atomic mass is 10.2.